The molecule has 94 valence electrons. The predicted molar refractivity (Wildman–Crippen MR) is 57.6 cm³/mol. The standard InChI is InChI=1S/C10H14N2O5/c13-4-5-3-6(9(16)8(5)15)12-2-1-7(14)11-10(12)17/h1-2,5-6,8-9,13,15-16H,3-4H2,(H,11,14,17)/t5-,6?,8-,9-/m1/s1. The second kappa shape index (κ2) is 4.44. The van der Waals surface area contributed by atoms with Gasteiger partial charge in [0.15, 0.2) is 0 Å². The summed E-state index contributed by atoms with van der Waals surface area (Å²) in [7, 11) is 0. The lowest BCUT2D eigenvalue weighted by Crippen LogP contribution is -2.37. The Labute approximate surface area is 96.0 Å². The van der Waals surface area contributed by atoms with E-state index in [0.717, 1.165) is 0 Å². The maximum absolute atomic E-state index is 11.5. The van der Waals surface area contributed by atoms with Crippen molar-refractivity contribution < 1.29 is 15.3 Å². The lowest BCUT2D eigenvalue weighted by Gasteiger charge is -2.18. The van der Waals surface area contributed by atoms with E-state index in [1.165, 1.54) is 16.8 Å². The van der Waals surface area contributed by atoms with Crippen LogP contribution in [0.3, 0.4) is 0 Å². The van der Waals surface area contributed by atoms with Crippen LogP contribution in [0.4, 0.5) is 0 Å². The molecule has 1 saturated carbocycles. The highest BCUT2D eigenvalue weighted by atomic mass is 16.3. The number of nitrogens with zero attached hydrogens (tertiary/aromatic N) is 1. The molecule has 0 aliphatic heterocycles. The lowest BCUT2D eigenvalue weighted by atomic mass is 10.1. The Morgan fingerprint density at radius 1 is 1.35 bits per heavy atom. The monoisotopic (exact) mass is 242 g/mol. The topological polar surface area (TPSA) is 116 Å². The smallest absolute Gasteiger partial charge is 0.328 e. The predicted octanol–water partition coefficient (Wildman–Crippen LogP) is -2.19. The third-order valence-electron chi connectivity index (χ3n) is 3.21. The summed E-state index contributed by atoms with van der Waals surface area (Å²) < 4.78 is 1.17. The Morgan fingerprint density at radius 3 is 2.59 bits per heavy atom. The van der Waals surface area contributed by atoms with Crippen LogP contribution in [-0.4, -0.2) is 43.7 Å². The van der Waals surface area contributed by atoms with E-state index in [9.17, 15) is 19.8 Å². The van der Waals surface area contributed by atoms with Gasteiger partial charge in [-0.3, -0.25) is 14.3 Å². The summed E-state index contributed by atoms with van der Waals surface area (Å²) >= 11 is 0. The normalized spacial score (nSPS) is 32.9. The van der Waals surface area contributed by atoms with Crippen LogP contribution in [0.2, 0.25) is 0 Å². The molecule has 0 saturated heterocycles. The quantitative estimate of drug-likeness (QED) is 0.470. The molecule has 0 spiro atoms. The molecule has 2 rings (SSSR count). The highest BCUT2D eigenvalue weighted by Gasteiger charge is 2.42. The number of aliphatic hydroxyl groups excluding tert-OH is 3. The summed E-state index contributed by atoms with van der Waals surface area (Å²) in [6, 6.07) is 0.541. The first-order valence-electron chi connectivity index (χ1n) is 5.33. The van der Waals surface area contributed by atoms with E-state index in [4.69, 9.17) is 5.11 Å². The summed E-state index contributed by atoms with van der Waals surface area (Å²) in [6.45, 7) is -0.257. The van der Waals surface area contributed by atoms with E-state index in [-0.39, 0.29) is 13.0 Å². The van der Waals surface area contributed by atoms with Crippen molar-refractivity contribution in [1.29, 1.82) is 0 Å². The Bertz CT molecular complexity index is 508. The highest BCUT2D eigenvalue weighted by Crippen LogP contribution is 2.33. The summed E-state index contributed by atoms with van der Waals surface area (Å²) in [5.74, 6) is -0.464. The van der Waals surface area contributed by atoms with Gasteiger partial charge in [0.25, 0.3) is 5.56 Å². The molecule has 4 N–H and O–H groups in total. The van der Waals surface area contributed by atoms with Crippen molar-refractivity contribution >= 4 is 0 Å². The van der Waals surface area contributed by atoms with E-state index in [0.29, 0.717) is 0 Å². The van der Waals surface area contributed by atoms with Crippen LogP contribution < -0.4 is 11.2 Å². The van der Waals surface area contributed by atoms with Gasteiger partial charge in [-0.2, -0.15) is 0 Å². The second-order valence-corrected chi connectivity index (χ2v) is 4.24. The maximum atomic E-state index is 11.5. The summed E-state index contributed by atoms with van der Waals surface area (Å²) in [4.78, 5) is 24.5. The van der Waals surface area contributed by atoms with Gasteiger partial charge in [-0.25, -0.2) is 4.79 Å². The molecule has 0 aromatic carbocycles. The number of nitrogens with one attached hydrogen (secondary N) is 1. The third-order valence-corrected chi connectivity index (χ3v) is 3.21. The van der Waals surface area contributed by atoms with E-state index in [2.05, 4.69) is 4.98 Å². The molecule has 1 unspecified atom stereocenters. The number of rotatable bonds is 2. The Kier molecular flexibility index (Phi) is 3.14. The molecule has 1 fully saturated rings. The molecule has 1 heterocycles. The van der Waals surface area contributed by atoms with Crippen molar-refractivity contribution in [3.05, 3.63) is 33.1 Å². The number of hydrogen-bond donors (Lipinski definition) is 4. The summed E-state index contributed by atoms with van der Waals surface area (Å²) in [5, 5.41) is 28.4. The molecular weight excluding hydrogens is 228 g/mol. The minimum atomic E-state index is -1.13. The molecule has 17 heavy (non-hydrogen) atoms. The molecule has 1 aromatic heterocycles. The number of aromatic nitrogens is 2. The summed E-state index contributed by atoms with van der Waals surface area (Å²) in [5.41, 5.74) is -1.15. The first-order valence-corrected chi connectivity index (χ1v) is 5.33. The number of aliphatic hydroxyl groups is 3. The zero-order valence-electron chi connectivity index (χ0n) is 8.98. The summed E-state index contributed by atoms with van der Waals surface area (Å²) in [6.07, 6.45) is -0.633. The average molecular weight is 242 g/mol. The van der Waals surface area contributed by atoms with Gasteiger partial charge in [0.05, 0.1) is 12.1 Å². The Hall–Kier alpha value is -1.44. The van der Waals surface area contributed by atoms with Crippen LogP contribution in [0.25, 0.3) is 0 Å². The molecule has 0 radical (unpaired) electrons. The largest absolute Gasteiger partial charge is 0.396 e. The SMILES string of the molecule is O=c1ccn(C2C[C@H](CO)[C@@H](O)[C@@H]2O)c(=O)[nH]1. The minimum absolute atomic E-state index is 0.257. The van der Waals surface area contributed by atoms with Crippen molar-refractivity contribution in [2.45, 2.75) is 24.7 Å². The molecule has 0 bridgehead atoms. The fourth-order valence-corrected chi connectivity index (χ4v) is 2.24. The van der Waals surface area contributed by atoms with Crippen LogP contribution in [0.5, 0.6) is 0 Å². The van der Waals surface area contributed by atoms with Gasteiger partial charge < -0.3 is 15.3 Å². The van der Waals surface area contributed by atoms with Crippen LogP contribution in [-0.2, 0) is 0 Å². The van der Waals surface area contributed by atoms with E-state index >= 15 is 0 Å². The molecule has 1 aromatic rings. The number of H-pyrrole nitrogens is 1. The molecule has 1 aliphatic rings. The Morgan fingerprint density at radius 2 is 2.06 bits per heavy atom. The number of aromatic amines is 1. The molecule has 7 heteroatoms. The maximum Gasteiger partial charge on any atom is 0.328 e. The van der Waals surface area contributed by atoms with Gasteiger partial charge in [0.2, 0.25) is 0 Å². The van der Waals surface area contributed by atoms with Crippen LogP contribution in [0.1, 0.15) is 12.5 Å². The van der Waals surface area contributed by atoms with Crippen molar-refractivity contribution in [1.82, 2.24) is 9.55 Å². The van der Waals surface area contributed by atoms with Gasteiger partial charge >= 0.3 is 5.69 Å². The van der Waals surface area contributed by atoms with Crippen LogP contribution in [0.15, 0.2) is 21.9 Å². The van der Waals surface area contributed by atoms with Gasteiger partial charge in [-0.1, -0.05) is 0 Å². The molecule has 1 aliphatic carbocycles. The van der Waals surface area contributed by atoms with Gasteiger partial charge in [0.1, 0.15) is 6.10 Å². The first-order chi connectivity index (χ1) is 8.04. The zero-order valence-corrected chi connectivity index (χ0v) is 8.98. The number of hydrogen-bond acceptors (Lipinski definition) is 5. The fourth-order valence-electron chi connectivity index (χ4n) is 2.24. The van der Waals surface area contributed by atoms with Gasteiger partial charge in [0, 0.05) is 24.8 Å². The van der Waals surface area contributed by atoms with Crippen molar-refractivity contribution in [2.75, 3.05) is 6.61 Å². The van der Waals surface area contributed by atoms with Gasteiger partial charge in [-0.05, 0) is 6.42 Å². The van der Waals surface area contributed by atoms with Crippen molar-refractivity contribution in [3.63, 3.8) is 0 Å². The molecule has 0 amide bonds. The fraction of sp³-hybridized carbons (Fsp3) is 0.600. The Balaban J connectivity index is 2.35. The van der Waals surface area contributed by atoms with Crippen LogP contribution in [0, 0.1) is 5.92 Å². The van der Waals surface area contributed by atoms with Crippen LogP contribution >= 0.6 is 0 Å². The first kappa shape index (κ1) is 12.0. The molecule has 7 nitrogen and oxygen atoms in total. The minimum Gasteiger partial charge on any atom is -0.396 e. The van der Waals surface area contributed by atoms with Crippen molar-refractivity contribution in [2.24, 2.45) is 5.92 Å². The van der Waals surface area contributed by atoms with Gasteiger partial charge in [-0.15, -0.1) is 0 Å². The van der Waals surface area contributed by atoms with E-state index in [1.54, 1.807) is 0 Å². The lowest BCUT2D eigenvalue weighted by molar-refractivity contribution is -0.00455. The molecular formula is C10H14N2O5. The average Bonchev–Trinajstić information content (AvgIpc) is 2.57. The molecule has 4 atom stereocenters. The second-order valence-electron chi connectivity index (χ2n) is 4.24. The third kappa shape index (κ3) is 2.04. The zero-order chi connectivity index (χ0) is 12.6. The van der Waals surface area contributed by atoms with E-state index in [1.807, 2.05) is 0 Å². The highest BCUT2D eigenvalue weighted by molar-refractivity contribution is 4.97. The van der Waals surface area contributed by atoms with Crippen molar-refractivity contribution in [3.8, 4) is 0 Å². The van der Waals surface area contributed by atoms with E-state index < -0.39 is 35.4 Å².